The molecule has 0 spiro atoms. The Morgan fingerprint density at radius 2 is 1.89 bits per heavy atom. The first-order valence-corrected chi connectivity index (χ1v) is 10.0. The molecule has 0 unspecified atom stereocenters. The van der Waals surface area contributed by atoms with Crippen molar-refractivity contribution in [3.8, 4) is 0 Å². The lowest BCUT2D eigenvalue weighted by atomic mass is 9.94. The topological polar surface area (TPSA) is 58.4 Å². The molecule has 5 nitrogen and oxygen atoms in total. The summed E-state index contributed by atoms with van der Waals surface area (Å²) in [6.45, 7) is 7.91. The predicted molar refractivity (Wildman–Crippen MR) is 113 cm³/mol. The summed E-state index contributed by atoms with van der Waals surface area (Å²) in [7, 11) is 0. The van der Waals surface area contributed by atoms with E-state index in [4.69, 9.17) is 4.42 Å². The quantitative estimate of drug-likeness (QED) is 0.686. The Kier molecular flexibility index (Phi) is 5.07. The van der Waals surface area contributed by atoms with E-state index >= 15 is 0 Å². The van der Waals surface area contributed by atoms with E-state index in [1.165, 1.54) is 5.56 Å². The number of para-hydroxylation sites is 3. The number of aromatic nitrogens is 1. The van der Waals surface area contributed by atoms with Crippen LogP contribution in [-0.2, 0) is 4.79 Å². The number of nitrogens with one attached hydrogen (secondary N) is 1. The van der Waals surface area contributed by atoms with Crippen LogP contribution in [0.25, 0.3) is 11.1 Å². The number of oxazole rings is 1. The molecule has 146 valence electrons. The van der Waals surface area contributed by atoms with Gasteiger partial charge < -0.3 is 14.6 Å². The van der Waals surface area contributed by atoms with Gasteiger partial charge in [0, 0.05) is 24.7 Å². The molecular weight excluding hydrogens is 350 g/mol. The highest BCUT2D eigenvalue weighted by Gasteiger charge is 2.28. The lowest BCUT2D eigenvalue weighted by Crippen LogP contribution is -2.38. The summed E-state index contributed by atoms with van der Waals surface area (Å²) in [6.07, 6.45) is 1.60. The highest BCUT2D eigenvalue weighted by molar-refractivity contribution is 5.94. The number of anilines is 2. The van der Waals surface area contributed by atoms with Gasteiger partial charge in [-0.3, -0.25) is 4.79 Å². The number of benzene rings is 2. The molecule has 0 aliphatic carbocycles. The molecule has 0 bridgehead atoms. The van der Waals surface area contributed by atoms with Crippen LogP contribution in [0, 0.1) is 12.8 Å². The van der Waals surface area contributed by atoms with Gasteiger partial charge in [0.05, 0.1) is 0 Å². The zero-order valence-electron chi connectivity index (χ0n) is 16.7. The SMILES string of the molecule is Cc1cccc(C(C)C)c1NC(=O)C1CCN(c2nc3ccccc3o2)CC1. The number of carbonyl (C=O) groups excluding carboxylic acids is 1. The minimum absolute atomic E-state index is 0.0141. The number of fused-ring (bicyclic) bond motifs is 1. The summed E-state index contributed by atoms with van der Waals surface area (Å²) in [5.41, 5.74) is 4.96. The van der Waals surface area contributed by atoms with E-state index in [2.05, 4.69) is 54.2 Å². The molecule has 1 amide bonds. The Hall–Kier alpha value is -2.82. The Bertz CT molecular complexity index is 951. The molecule has 1 saturated heterocycles. The van der Waals surface area contributed by atoms with Crippen molar-refractivity contribution in [3.05, 3.63) is 53.6 Å². The molecule has 1 aromatic heterocycles. The normalized spacial score (nSPS) is 15.4. The fourth-order valence-corrected chi connectivity index (χ4v) is 3.90. The minimum Gasteiger partial charge on any atom is -0.423 e. The average Bonchev–Trinajstić information content (AvgIpc) is 3.13. The number of amides is 1. The lowest BCUT2D eigenvalue weighted by Gasteiger charge is -2.30. The largest absolute Gasteiger partial charge is 0.423 e. The second-order valence-corrected chi connectivity index (χ2v) is 7.91. The fourth-order valence-electron chi connectivity index (χ4n) is 3.90. The number of hydrogen-bond acceptors (Lipinski definition) is 4. The first-order valence-electron chi connectivity index (χ1n) is 10.0. The number of carbonyl (C=O) groups is 1. The molecule has 1 aliphatic rings. The zero-order valence-corrected chi connectivity index (χ0v) is 16.7. The molecule has 1 N–H and O–H groups in total. The van der Waals surface area contributed by atoms with Gasteiger partial charge in [-0.05, 0) is 48.9 Å². The molecular formula is C23H27N3O2. The van der Waals surface area contributed by atoms with Crippen molar-refractivity contribution in [1.82, 2.24) is 4.98 Å². The summed E-state index contributed by atoms with van der Waals surface area (Å²) in [5, 5.41) is 3.21. The van der Waals surface area contributed by atoms with Crippen molar-refractivity contribution in [2.45, 2.75) is 39.5 Å². The van der Waals surface area contributed by atoms with Crippen LogP contribution in [0.1, 0.15) is 43.7 Å². The number of hydrogen-bond donors (Lipinski definition) is 1. The Morgan fingerprint density at radius 3 is 2.61 bits per heavy atom. The van der Waals surface area contributed by atoms with Crippen molar-refractivity contribution in [2.75, 3.05) is 23.3 Å². The summed E-state index contributed by atoms with van der Waals surface area (Å²) >= 11 is 0. The Morgan fingerprint density at radius 1 is 1.14 bits per heavy atom. The average molecular weight is 377 g/mol. The molecule has 0 radical (unpaired) electrons. The monoisotopic (exact) mass is 377 g/mol. The second kappa shape index (κ2) is 7.66. The molecule has 5 heteroatoms. The summed E-state index contributed by atoms with van der Waals surface area (Å²) < 4.78 is 5.87. The third-order valence-electron chi connectivity index (χ3n) is 5.59. The molecule has 2 aromatic carbocycles. The van der Waals surface area contributed by atoms with Crippen molar-refractivity contribution < 1.29 is 9.21 Å². The van der Waals surface area contributed by atoms with E-state index in [-0.39, 0.29) is 11.8 Å². The Labute approximate surface area is 165 Å². The summed E-state index contributed by atoms with van der Waals surface area (Å²) in [5.74, 6) is 0.505. The van der Waals surface area contributed by atoms with Gasteiger partial charge in [0.25, 0.3) is 6.01 Å². The van der Waals surface area contributed by atoms with Gasteiger partial charge in [-0.25, -0.2) is 0 Å². The molecule has 1 fully saturated rings. The molecule has 28 heavy (non-hydrogen) atoms. The predicted octanol–water partition coefficient (Wildman–Crippen LogP) is 5.11. The van der Waals surface area contributed by atoms with Crippen LogP contribution < -0.4 is 10.2 Å². The van der Waals surface area contributed by atoms with E-state index in [1.807, 2.05) is 24.3 Å². The van der Waals surface area contributed by atoms with E-state index < -0.39 is 0 Å². The van der Waals surface area contributed by atoms with Crippen LogP contribution in [-0.4, -0.2) is 24.0 Å². The van der Waals surface area contributed by atoms with E-state index in [0.29, 0.717) is 11.9 Å². The summed E-state index contributed by atoms with van der Waals surface area (Å²) in [6, 6.07) is 14.7. The maximum absolute atomic E-state index is 12.9. The number of aryl methyl sites for hydroxylation is 1. The van der Waals surface area contributed by atoms with Crippen LogP contribution in [0.5, 0.6) is 0 Å². The maximum atomic E-state index is 12.9. The zero-order chi connectivity index (χ0) is 19.7. The molecule has 0 atom stereocenters. The highest BCUT2D eigenvalue weighted by atomic mass is 16.4. The standard InChI is InChI=1S/C23H27N3O2/c1-15(2)18-8-6-7-16(3)21(18)25-22(27)17-11-13-26(14-12-17)23-24-19-9-4-5-10-20(19)28-23/h4-10,15,17H,11-14H2,1-3H3,(H,25,27). The lowest BCUT2D eigenvalue weighted by molar-refractivity contribution is -0.120. The van der Waals surface area contributed by atoms with E-state index in [0.717, 1.165) is 48.3 Å². The second-order valence-electron chi connectivity index (χ2n) is 7.91. The van der Waals surface area contributed by atoms with Crippen molar-refractivity contribution in [1.29, 1.82) is 0 Å². The van der Waals surface area contributed by atoms with Crippen LogP contribution in [0.3, 0.4) is 0 Å². The van der Waals surface area contributed by atoms with Gasteiger partial charge in [0.15, 0.2) is 5.58 Å². The van der Waals surface area contributed by atoms with Gasteiger partial charge in [-0.2, -0.15) is 4.98 Å². The van der Waals surface area contributed by atoms with Crippen LogP contribution in [0.15, 0.2) is 46.9 Å². The number of piperidine rings is 1. The highest BCUT2D eigenvalue weighted by Crippen LogP contribution is 2.30. The first-order chi connectivity index (χ1) is 13.5. The molecule has 3 aromatic rings. The van der Waals surface area contributed by atoms with E-state index in [9.17, 15) is 4.79 Å². The first kappa shape index (κ1) is 18.5. The van der Waals surface area contributed by atoms with Gasteiger partial charge in [0.2, 0.25) is 5.91 Å². The van der Waals surface area contributed by atoms with Gasteiger partial charge >= 0.3 is 0 Å². The third-order valence-corrected chi connectivity index (χ3v) is 5.59. The van der Waals surface area contributed by atoms with Crippen molar-refractivity contribution in [3.63, 3.8) is 0 Å². The van der Waals surface area contributed by atoms with E-state index in [1.54, 1.807) is 0 Å². The Balaban J connectivity index is 1.42. The van der Waals surface area contributed by atoms with Crippen LogP contribution >= 0.6 is 0 Å². The van der Waals surface area contributed by atoms with Crippen molar-refractivity contribution in [2.24, 2.45) is 5.92 Å². The molecule has 1 aliphatic heterocycles. The molecule has 0 saturated carbocycles. The third kappa shape index (κ3) is 3.61. The van der Waals surface area contributed by atoms with Gasteiger partial charge in [0.1, 0.15) is 5.52 Å². The van der Waals surface area contributed by atoms with Crippen molar-refractivity contribution >= 4 is 28.7 Å². The maximum Gasteiger partial charge on any atom is 0.298 e. The summed E-state index contributed by atoms with van der Waals surface area (Å²) in [4.78, 5) is 19.6. The minimum atomic E-state index is 0.0141. The number of rotatable bonds is 4. The fraction of sp³-hybridized carbons (Fsp3) is 0.391. The van der Waals surface area contributed by atoms with Crippen LogP contribution in [0.2, 0.25) is 0 Å². The molecule has 2 heterocycles. The van der Waals surface area contributed by atoms with Crippen LogP contribution in [0.4, 0.5) is 11.7 Å². The van der Waals surface area contributed by atoms with Gasteiger partial charge in [-0.1, -0.05) is 44.2 Å². The number of nitrogens with zero attached hydrogens (tertiary/aromatic N) is 2. The van der Waals surface area contributed by atoms with Gasteiger partial charge in [-0.15, -0.1) is 0 Å². The smallest absolute Gasteiger partial charge is 0.298 e. The molecule has 4 rings (SSSR count).